The fraction of sp³-hybridized carbons (Fsp3) is 0.650. The molecule has 1 aliphatic rings. The van der Waals surface area contributed by atoms with Gasteiger partial charge >= 0.3 is 5.97 Å². The molecule has 1 fully saturated rings. The third-order valence-corrected chi connectivity index (χ3v) is 5.13. The predicted molar refractivity (Wildman–Crippen MR) is 92.8 cm³/mol. The molecule has 0 N–H and O–H groups in total. The number of benzene rings is 1. The number of hydrogen-bond acceptors (Lipinski definition) is 3. The van der Waals surface area contributed by atoms with Crippen LogP contribution in [0.25, 0.3) is 0 Å². The number of rotatable bonds is 6. The minimum atomic E-state index is -0.161. The second kappa shape index (κ2) is 8.49. The molecule has 128 valence electrons. The van der Waals surface area contributed by atoms with Crippen molar-refractivity contribution in [1.29, 1.82) is 0 Å². The van der Waals surface area contributed by atoms with E-state index in [1.165, 1.54) is 55.9 Å². The number of aryl methyl sites for hydroxylation is 1. The molecule has 1 saturated carbocycles. The van der Waals surface area contributed by atoms with Crippen LogP contribution in [-0.2, 0) is 27.1 Å². The Morgan fingerprint density at radius 2 is 1.91 bits per heavy atom. The van der Waals surface area contributed by atoms with Gasteiger partial charge in [0.2, 0.25) is 0 Å². The van der Waals surface area contributed by atoms with E-state index in [0.717, 1.165) is 12.0 Å². The maximum Gasteiger partial charge on any atom is 0.309 e. The molecule has 2 rings (SSSR count). The molecular weight excluding hydrogens is 288 g/mol. The predicted octanol–water partition coefficient (Wildman–Crippen LogP) is 4.72. The Morgan fingerprint density at radius 1 is 1.22 bits per heavy atom. The van der Waals surface area contributed by atoms with Gasteiger partial charge in [0.05, 0.1) is 19.6 Å². The Balaban J connectivity index is 2.52. The molecule has 1 atom stereocenters. The Morgan fingerprint density at radius 3 is 2.48 bits per heavy atom. The van der Waals surface area contributed by atoms with Crippen molar-refractivity contribution in [3.05, 3.63) is 34.4 Å². The van der Waals surface area contributed by atoms with Crippen LogP contribution in [0, 0.1) is 0 Å². The number of methoxy groups -OCH3 is 2. The summed E-state index contributed by atoms with van der Waals surface area (Å²) in [4.78, 5) is 11.9. The molecule has 0 bridgehead atoms. The van der Waals surface area contributed by atoms with Gasteiger partial charge in [-0.15, -0.1) is 0 Å². The molecule has 0 aliphatic heterocycles. The van der Waals surface area contributed by atoms with Gasteiger partial charge in [-0.05, 0) is 54.4 Å². The van der Waals surface area contributed by atoms with Crippen LogP contribution in [0.2, 0.25) is 0 Å². The van der Waals surface area contributed by atoms with Crippen LogP contribution >= 0.6 is 0 Å². The van der Waals surface area contributed by atoms with Gasteiger partial charge in [0.15, 0.2) is 0 Å². The first-order chi connectivity index (χ1) is 11.1. The highest BCUT2D eigenvalue weighted by Gasteiger charge is 2.25. The van der Waals surface area contributed by atoms with Gasteiger partial charge in [-0.3, -0.25) is 4.79 Å². The molecule has 0 heterocycles. The summed E-state index contributed by atoms with van der Waals surface area (Å²) < 4.78 is 10.6. The van der Waals surface area contributed by atoms with E-state index < -0.39 is 0 Å². The Hall–Kier alpha value is -1.35. The lowest BCUT2D eigenvalue weighted by Gasteiger charge is -2.29. The lowest BCUT2D eigenvalue weighted by molar-refractivity contribution is -0.139. The molecule has 0 radical (unpaired) electrons. The summed E-state index contributed by atoms with van der Waals surface area (Å²) in [6.45, 7) is 4.25. The minimum Gasteiger partial charge on any atom is -0.469 e. The van der Waals surface area contributed by atoms with E-state index in [9.17, 15) is 4.79 Å². The van der Waals surface area contributed by atoms with Crippen molar-refractivity contribution in [1.82, 2.24) is 0 Å². The van der Waals surface area contributed by atoms with Crippen LogP contribution in [-0.4, -0.2) is 20.2 Å². The van der Waals surface area contributed by atoms with Gasteiger partial charge in [0.25, 0.3) is 0 Å². The van der Waals surface area contributed by atoms with Crippen molar-refractivity contribution in [2.45, 2.75) is 70.8 Å². The molecule has 3 heteroatoms. The van der Waals surface area contributed by atoms with Crippen LogP contribution in [0.1, 0.15) is 80.2 Å². The zero-order chi connectivity index (χ0) is 16.8. The molecule has 0 saturated heterocycles. The van der Waals surface area contributed by atoms with Crippen molar-refractivity contribution in [3.8, 4) is 0 Å². The molecule has 1 aliphatic carbocycles. The molecule has 1 aromatic carbocycles. The fourth-order valence-electron chi connectivity index (χ4n) is 3.74. The molecule has 1 aromatic rings. The zero-order valence-corrected chi connectivity index (χ0v) is 15.0. The van der Waals surface area contributed by atoms with Crippen molar-refractivity contribution >= 4 is 5.97 Å². The Labute approximate surface area is 140 Å². The Bertz CT molecular complexity index is 530. The molecule has 0 aromatic heterocycles. The van der Waals surface area contributed by atoms with E-state index in [2.05, 4.69) is 26.0 Å². The zero-order valence-electron chi connectivity index (χ0n) is 15.0. The highest BCUT2D eigenvalue weighted by Crippen LogP contribution is 2.39. The van der Waals surface area contributed by atoms with Crippen LogP contribution in [0.4, 0.5) is 0 Å². The summed E-state index contributed by atoms with van der Waals surface area (Å²) in [5.74, 6) is 0.383. The van der Waals surface area contributed by atoms with Gasteiger partial charge < -0.3 is 9.47 Å². The maximum absolute atomic E-state index is 11.9. The van der Waals surface area contributed by atoms with E-state index in [-0.39, 0.29) is 12.1 Å². The molecular formula is C20H30O3. The van der Waals surface area contributed by atoms with Crippen LogP contribution < -0.4 is 0 Å². The summed E-state index contributed by atoms with van der Waals surface area (Å²) in [7, 11) is 3.22. The minimum absolute atomic E-state index is 0.0508. The average Bonchev–Trinajstić information content (AvgIpc) is 2.60. The first-order valence-electron chi connectivity index (χ1n) is 8.85. The first kappa shape index (κ1) is 18.0. The summed E-state index contributed by atoms with van der Waals surface area (Å²) in [6, 6.07) is 4.48. The van der Waals surface area contributed by atoms with Crippen LogP contribution in [0.15, 0.2) is 12.1 Å². The lowest BCUT2D eigenvalue weighted by atomic mass is 9.77. The second-order valence-electron chi connectivity index (χ2n) is 6.58. The number of hydrogen-bond donors (Lipinski definition) is 0. The number of ether oxygens (including phenoxy) is 2. The van der Waals surface area contributed by atoms with Gasteiger partial charge in [-0.25, -0.2) is 0 Å². The smallest absolute Gasteiger partial charge is 0.309 e. The maximum atomic E-state index is 11.9. The quantitative estimate of drug-likeness (QED) is 0.712. The van der Waals surface area contributed by atoms with Crippen molar-refractivity contribution in [3.63, 3.8) is 0 Å². The molecule has 3 nitrogen and oxygen atoms in total. The monoisotopic (exact) mass is 318 g/mol. The number of carbonyl (C=O) groups is 1. The Kier molecular flexibility index (Phi) is 6.64. The number of esters is 1. The van der Waals surface area contributed by atoms with E-state index in [4.69, 9.17) is 9.47 Å². The van der Waals surface area contributed by atoms with Crippen molar-refractivity contribution in [2.75, 3.05) is 14.2 Å². The largest absolute Gasteiger partial charge is 0.469 e. The first-order valence-corrected chi connectivity index (χ1v) is 8.85. The van der Waals surface area contributed by atoms with Gasteiger partial charge in [-0.1, -0.05) is 38.3 Å². The topological polar surface area (TPSA) is 35.5 Å². The average molecular weight is 318 g/mol. The van der Waals surface area contributed by atoms with E-state index >= 15 is 0 Å². The summed E-state index contributed by atoms with van der Waals surface area (Å²) in [5.41, 5.74) is 5.02. The SMILES string of the molecule is CCc1cc(CC(=O)OC)c(C2CCCCC2)c(C(C)OC)c1. The summed E-state index contributed by atoms with van der Waals surface area (Å²) in [5, 5.41) is 0. The lowest BCUT2D eigenvalue weighted by Crippen LogP contribution is -2.16. The molecule has 23 heavy (non-hydrogen) atoms. The van der Waals surface area contributed by atoms with Gasteiger partial charge in [0.1, 0.15) is 0 Å². The molecule has 0 spiro atoms. The van der Waals surface area contributed by atoms with E-state index in [1.54, 1.807) is 7.11 Å². The highest BCUT2D eigenvalue weighted by atomic mass is 16.5. The van der Waals surface area contributed by atoms with E-state index in [1.807, 2.05) is 0 Å². The van der Waals surface area contributed by atoms with Gasteiger partial charge in [-0.2, -0.15) is 0 Å². The normalized spacial score (nSPS) is 17.0. The molecule has 1 unspecified atom stereocenters. The summed E-state index contributed by atoms with van der Waals surface area (Å²) in [6.07, 6.45) is 7.67. The number of carbonyl (C=O) groups excluding carboxylic acids is 1. The van der Waals surface area contributed by atoms with Gasteiger partial charge in [0, 0.05) is 7.11 Å². The van der Waals surface area contributed by atoms with Crippen molar-refractivity contribution < 1.29 is 14.3 Å². The van der Waals surface area contributed by atoms with E-state index in [0.29, 0.717) is 12.3 Å². The highest BCUT2D eigenvalue weighted by molar-refractivity contribution is 5.73. The summed E-state index contributed by atoms with van der Waals surface area (Å²) >= 11 is 0. The fourth-order valence-corrected chi connectivity index (χ4v) is 3.74. The van der Waals surface area contributed by atoms with Crippen molar-refractivity contribution in [2.24, 2.45) is 0 Å². The second-order valence-corrected chi connectivity index (χ2v) is 6.58. The third kappa shape index (κ3) is 4.35. The standard InChI is InChI=1S/C20H30O3/c1-5-15-11-17(13-19(21)23-4)20(16-9-7-6-8-10-16)18(12-15)14(2)22-3/h11-12,14,16H,5-10,13H2,1-4H3. The van der Waals surface area contributed by atoms with Crippen LogP contribution in [0.3, 0.4) is 0 Å². The molecule has 0 amide bonds. The third-order valence-electron chi connectivity index (χ3n) is 5.13. The van der Waals surface area contributed by atoms with Crippen LogP contribution in [0.5, 0.6) is 0 Å².